The average molecular weight is 260 g/mol. The fraction of sp³-hybridized carbons (Fsp3) is 0.500. The Morgan fingerprint density at radius 3 is 2.88 bits per heavy atom. The summed E-state index contributed by atoms with van der Waals surface area (Å²) in [5, 5.41) is 0.730. The van der Waals surface area contributed by atoms with Crippen molar-refractivity contribution in [2.45, 2.75) is 19.4 Å². The van der Waals surface area contributed by atoms with Gasteiger partial charge in [-0.25, -0.2) is 0 Å². The first-order valence-corrected chi connectivity index (χ1v) is 7.06. The average Bonchev–Trinajstić information content (AvgIpc) is 2.20. The summed E-state index contributed by atoms with van der Waals surface area (Å²) < 4.78 is 5.70. The van der Waals surface area contributed by atoms with Gasteiger partial charge in [0.25, 0.3) is 0 Å². The highest BCUT2D eigenvalue weighted by molar-refractivity contribution is 7.98. The van der Waals surface area contributed by atoms with Crippen LogP contribution in [-0.4, -0.2) is 24.7 Å². The van der Waals surface area contributed by atoms with Crippen LogP contribution in [-0.2, 0) is 6.42 Å². The third-order valence-electron chi connectivity index (χ3n) is 2.11. The van der Waals surface area contributed by atoms with Crippen LogP contribution in [0.1, 0.15) is 12.5 Å². The van der Waals surface area contributed by atoms with Crippen LogP contribution in [0.2, 0.25) is 5.02 Å². The van der Waals surface area contributed by atoms with Gasteiger partial charge in [-0.3, -0.25) is 0 Å². The maximum absolute atomic E-state index is 5.96. The van der Waals surface area contributed by atoms with E-state index in [9.17, 15) is 0 Å². The Kier molecular flexibility index (Phi) is 6.03. The third kappa shape index (κ3) is 4.64. The minimum atomic E-state index is 0.112. The molecule has 0 saturated carbocycles. The summed E-state index contributed by atoms with van der Waals surface area (Å²) in [6.07, 6.45) is 2.85. The molecule has 1 atom stereocenters. The molecule has 0 fully saturated rings. The van der Waals surface area contributed by atoms with Gasteiger partial charge in [0.05, 0.1) is 6.61 Å². The molecule has 1 aromatic carbocycles. The molecule has 1 aromatic rings. The van der Waals surface area contributed by atoms with Crippen LogP contribution in [0.15, 0.2) is 18.2 Å². The van der Waals surface area contributed by atoms with E-state index in [0.29, 0.717) is 0 Å². The lowest BCUT2D eigenvalue weighted by Crippen LogP contribution is -2.18. The quantitative estimate of drug-likeness (QED) is 0.798. The molecule has 0 aliphatic carbocycles. The molecule has 0 radical (unpaired) electrons. The first-order valence-electron chi connectivity index (χ1n) is 5.29. The number of benzene rings is 1. The van der Waals surface area contributed by atoms with E-state index in [2.05, 4.69) is 6.26 Å². The van der Waals surface area contributed by atoms with E-state index in [0.717, 1.165) is 35.1 Å². The number of hydrogen-bond donors (Lipinski definition) is 1. The zero-order valence-corrected chi connectivity index (χ0v) is 11.3. The fourth-order valence-electron chi connectivity index (χ4n) is 1.43. The Morgan fingerprint density at radius 2 is 2.25 bits per heavy atom. The number of thioether (sulfide) groups is 1. The normalized spacial score (nSPS) is 12.5. The van der Waals surface area contributed by atoms with Crippen LogP contribution in [0, 0.1) is 0 Å². The van der Waals surface area contributed by atoms with E-state index in [4.69, 9.17) is 22.1 Å². The highest BCUT2D eigenvalue weighted by Gasteiger charge is 2.07. The molecular weight excluding hydrogens is 242 g/mol. The van der Waals surface area contributed by atoms with Gasteiger partial charge in [0.1, 0.15) is 5.75 Å². The van der Waals surface area contributed by atoms with Crippen LogP contribution in [0.5, 0.6) is 5.75 Å². The van der Waals surface area contributed by atoms with Crippen LogP contribution in [0.4, 0.5) is 0 Å². The molecule has 2 nitrogen and oxygen atoms in total. The van der Waals surface area contributed by atoms with E-state index < -0.39 is 0 Å². The number of rotatable bonds is 6. The molecule has 0 aliphatic heterocycles. The van der Waals surface area contributed by atoms with Gasteiger partial charge in [0.15, 0.2) is 0 Å². The van der Waals surface area contributed by atoms with Crippen LogP contribution in [0.25, 0.3) is 0 Å². The van der Waals surface area contributed by atoms with Crippen molar-refractivity contribution < 1.29 is 4.74 Å². The molecule has 0 saturated heterocycles. The predicted octanol–water partition coefficient (Wildman–Crippen LogP) is 2.97. The van der Waals surface area contributed by atoms with E-state index in [-0.39, 0.29) is 6.04 Å². The maximum atomic E-state index is 5.96. The number of halogens is 1. The lowest BCUT2D eigenvalue weighted by atomic mass is 10.1. The smallest absolute Gasteiger partial charge is 0.122 e. The SMILES string of the molecule is CSCCOc1ccc(Cl)cc1CC(C)N. The summed E-state index contributed by atoms with van der Waals surface area (Å²) in [6.45, 7) is 2.70. The van der Waals surface area contributed by atoms with E-state index in [1.54, 1.807) is 11.8 Å². The molecule has 0 aliphatic rings. The summed E-state index contributed by atoms with van der Waals surface area (Å²) in [6, 6.07) is 5.81. The van der Waals surface area contributed by atoms with Crippen molar-refractivity contribution >= 4 is 23.4 Å². The van der Waals surface area contributed by atoms with Crippen molar-refractivity contribution in [1.29, 1.82) is 0 Å². The van der Waals surface area contributed by atoms with E-state index >= 15 is 0 Å². The molecule has 4 heteroatoms. The van der Waals surface area contributed by atoms with Crippen LogP contribution >= 0.6 is 23.4 Å². The second kappa shape index (κ2) is 7.05. The van der Waals surface area contributed by atoms with Gasteiger partial charge in [-0.1, -0.05) is 11.6 Å². The summed E-state index contributed by atoms with van der Waals surface area (Å²) in [7, 11) is 0. The van der Waals surface area contributed by atoms with Crippen molar-refractivity contribution in [3.05, 3.63) is 28.8 Å². The summed E-state index contributed by atoms with van der Waals surface area (Å²) in [5.41, 5.74) is 6.88. The molecule has 0 aromatic heterocycles. The highest BCUT2D eigenvalue weighted by atomic mass is 35.5. The zero-order chi connectivity index (χ0) is 12.0. The second-order valence-corrected chi connectivity index (χ2v) is 5.20. The maximum Gasteiger partial charge on any atom is 0.122 e. The molecule has 0 amide bonds. The Bertz CT molecular complexity index is 331. The van der Waals surface area contributed by atoms with Crippen molar-refractivity contribution in [3.63, 3.8) is 0 Å². The Balaban J connectivity index is 2.72. The number of ether oxygens (including phenoxy) is 1. The van der Waals surface area contributed by atoms with Gasteiger partial charge in [-0.05, 0) is 43.4 Å². The van der Waals surface area contributed by atoms with Crippen LogP contribution in [0.3, 0.4) is 0 Å². The van der Waals surface area contributed by atoms with Gasteiger partial charge in [0, 0.05) is 16.8 Å². The van der Waals surface area contributed by atoms with Gasteiger partial charge in [-0.2, -0.15) is 11.8 Å². The summed E-state index contributed by atoms with van der Waals surface area (Å²) >= 11 is 7.73. The summed E-state index contributed by atoms with van der Waals surface area (Å²) in [5.74, 6) is 1.89. The van der Waals surface area contributed by atoms with Crippen LogP contribution < -0.4 is 10.5 Å². The molecule has 2 N–H and O–H groups in total. The largest absolute Gasteiger partial charge is 0.492 e. The molecule has 90 valence electrons. The fourth-order valence-corrected chi connectivity index (χ4v) is 1.87. The van der Waals surface area contributed by atoms with Crippen molar-refractivity contribution in [2.24, 2.45) is 5.73 Å². The Labute approximate surface area is 107 Å². The lowest BCUT2D eigenvalue weighted by molar-refractivity contribution is 0.339. The van der Waals surface area contributed by atoms with Gasteiger partial charge in [-0.15, -0.1) is 0 Å². The Morgan fingerprint density at radius 1 is 1.50 bits per heavy atom. The van der Waals surface area contributed by atoms with Gasteiger partial charge in [0.2, 0.25) is 0 Å². The van der Waals surface area contributed by atoms with Crippen molar-refractivity contribution in [3.8, 4) is 5.75 Å². The molecule has 0 heterocycles. The molecule has 16 heavy (non-hydrogen) atoms. The molecule has 0 bridgehead atoms. The molecular formula is C12H18ClNOS. The minimum Gasteiger partial charge on any atom is -0.492 e. The Hall–Kier alpha value is -0.380. The summed E-state index contributed by atoms with van der Waals surface area (Å²) in [4.78, 5) is 0. The molecule has 1 unspecified atom stereocenters. The number of hydrogen-bond acceptors (Lipinski definition) is 3. The monoisotopic (exact) mass is 259 g/mol. The van der Waals surface area contributed by atoms with Crippen molar-refractivity contribution in [2.75, 3.05) is 18.6 Å². The minimum absolute atomic E-state index is 0.112. The highest BCUT2D eigenvalue weighted by Crippen LogP contribution is 2.24. The first-order chi connectivity index (χ1) is 7.63. The standard InChI is InChI=1S/C12H18ClNOS/c1-9(14)7-10-8-11(13)3-4-12(10)15-5-6-16-2/h3-4,8-9H,5-7,14H2,1-2H3. The first kappa shape index (κ1) is 13.7. The zero-order valence-electron chi connectivity index (χ0n) is 9.70. The molecule has 0 spiro atoms. The van der Waals surface area contributed by atoms with Gasteiger partial charge >= 0.3 is 0 Å². The van der Waals surface area contributed by atoms with E-state index in [1.807, 2.05) is 25.1 Å². The lowest BCUT2D eigenvalue weighted by Gasteiger charge is -2.13. The van der Waals surface area contributed by atoms with Gasteiger partial charge < -0.3 is 10.5 Å². The topological polar surface area (TPSA) is 35.2 Å². The van der Waals surface area contributed by atoms with Crippen molar-refractivity contribution in [1.82, 2.24) is 0 Å². The number of nitrogens with two attached hydrogens (primary N) is 1. The predicted molar refractivity (Wildman–Crippen MR) is 72.7 cm³/mol. The molecule has 1 rings (SSSR count). The van der Waals surface area contributed by atoms with E-state index in [1.165, 1.54) is 0 Å². The second-order valence-electron chi connectivity index (χ2n) is 3.77. The third-order valence-corrected chi connectivity index (χ3v) is 2.92.